The molecule has 2 fully saturated rings. The molecule has 2 saturated heterocycles. The predicted molar refractivity (Wildman–Crippen MR) is 59.6 cm³/mol. The lowest BCUT2D eigenvalue weighted by Crippen LogP contribution is -2.50. The Morgan fingerprint density at radius 2 is 2.07 bits per heavy atom. The van der Waals surface area contributed by atoms with Gasteiger partial charge in [-0.15, -0.1) is 0 Å². The molecule has 2 aliphatic rings. The Labute approximate surface area is 90.4 Å². The zero-order valence-corrected chi connectivity index (χ0v) is 8.86. The smallest absolute Gasteiger partial charge is 0.0763 e. The van der Waals surface area contributed by atoms with E-state index in [0.29, 0.717) is 12.2 Å². The summed E-state index contributed by atoms with van der Waals surface area (Å²) in [5, 5.41) is 0. The highest BCUT2D eigenvalue weighted by molar-refractivity contribution is 5.20. The lowest BCUT2D eigenvalue weighted by atomic mass is 9.78. The van der Waals surface area contributed by atoms with Crippen molar-refractivity contribution in [3.8, 4) is 0 Å². The minimum atomic E-state index is -0.107. The van der Waals surface area contributed by atoms with Gasteiger partial charge in [-0.3, -0.25) is 0 Å². The summed E-state index contributed by atoms with van der Waals surface area (Å²) in [6, 6.07) is 10.5. The molecule has 1 aromatic carbocycles. The average molecular weight is 203 g/mol. The van der Waals surface area contributed by atoms with Gasteiger partial charge in [0.15, 0.2) is 0 Å². The Morgan fingerprint density at radius 3 is 2.67 bits per heavy atom. The summed E-state index contributed by atoms with van der Waals surface area (Å²) in [7, 11) is 0. The van der Waals surface area contributed by atoms with Crippen LogP contribution in [-0.4, -0.2) is 17.7 Å². The van der Waals surface area contributed by atoms with E-state index in [1.807, 2.05) is 6.07 Å². The second-order valence-corrected chi connectivity index (χ2v) is 4.92. The normalized spacial score (nSPS) is 38.5. The van der Waals surface area contributed by atoms with Gasteiger partial charge >= 0.3 is 0 Å². The molecule has 3 unspecified atom stereocenters. The van der Waals surface area contributed by atoms with Crippen LogP contribution in [0.15, 0.2) is 30.3 Å². The second-order valence-electron chi connectivity index (χ2n) is 4.92. The fraction of sp³-hybridized carbons (Fsp3) is 0.538. The van der Waals surface area contributed by atoms with E-state index in [4.69, 9.17) is 10.5 Å². The van der Waals surface area contributed by atoms with E-state index in [2.05, 4.69) is 24.3 Å². The van der Waals surface area contributed by atoms with E-state index in [0.717, 1.165) is 19.3 Å². The van der Waals surface area contributed by atoms with Crippen LogP contribution in [0.4, 0.5) is 0 Å². The number of hydrogen-bond donors (Lipinski definition) is 1. The monoisotopic (exact) mass is 203 g/mol. The van der Waals surface area contributed by atoms with Crippen LogP contribution in [0.3, 0.4) is 0 Å². The van der Waals surface area contributed by atoms with Gasteiger partial charge in [-0.1, -0.05) is 30.3 Å². The summed E-state index contributed by atoms with van der Waals surface area (Å²) in [6.45, 7) is 0. The standard InChI is InChI=1S/C13H17NO/c14-13(8-10-4-2-1-3-5-10)9-11-6-7-12(13)15-11/h1-5,11-12H,6-9,14H2. The Kier molecular flexibility index (Phi) is 2.08. The SMILES string of the molecule is NC1(Cc2ccccc2)CC2CCC1O2. The molecule has 2 aliphatic heterocycles. The summed E-state index contributed by atoms with van der Waals surface area (Å²) in [5.41, 5.74) is 7.67. The van der Waals surface area contributed by atoms with Crippen molar-refractivity contribution >= 4 is 0 Å². The number of rotatable bonds is 2. The third-order valence-electron chi connectivity index (χ3n) is 3.73. The molecule has 0 saturated carbocycles. The topological polar surface area (TPSA) is 35.2 Å². The van der Waals surface area contributed by atoms with Crippen LogP contribution in [0.25, 0.3) is 0 Å². The van der Waals surface area contributed by atoms with Crippen LogP contribution in [-0.2, 0) is 11.2 Å². The molecule has 0 amide bonds. The minimum Gasteiger partial charge on any atom is -0.373 e. The summed E-state index contributed by atoms with van der Waals surface area (Å²) in [6.07, 6.45) is 5.07. The Morgan fingerprint density at radius 1 is 1.27 bits per heavy atom. The molecule has 3 atom stereocenters. The van der Waals surface area contributed by atoms with Crippen LogP contribution in [0, 0.1) is 0 Å². The quantitative estimate of drug-likeness (QED) is 0.796. The van der Waals surface area contributed by atoms with Crippen molar-refractivity contribution in [2.45, 2.75) is 43.4 Å². The van der Waals surface area contributed by atoms with Crippen LogP contribution in [0.1, 0.15) is 24.8 Å². The largest absolute Gasteiger partial charge is 0.373 e. The zero-order chi connectivity index (χ0) is 10.3. The highest BCUT2D eigenvalue weighted by atomic mass is 16.5. The van der Waals surface area contributed by atoms with Gasteiger partial charge in [0.2, 0.25) is 0 Å². The van der Waals surface area contributed by atoms with Gasteiger partial charge in [0.05, 0.1) is 12.2 Å². The van der Waals surface area contributed by atoms with Gasteiger partial charge in [-0.25, -0.2) is 0 Å². The van der Waals surface area contributed by atoms with Crippen molar-refractivity contribution in [3.05, 3.63) is 35.9 Å². The van der Waals surface area contributed by atoms with Crippen LogP contribution in [0.2, 0.25) is 0 Å². The number of nitrogens with two attached hydrogens (primary N) is 1. The molecule has 2 nitrogen and oxygen atoms in total. The maximum Gasteiger partial charge on any atom is 0.0763 e. The van der Waals surface area contributed by atoms with Crippen LogP contribution in [0.5, 0.6) is 0 Å². The third-order valence-corrected chi connectivity index (χ3v) is 3.73. The maximum atomic E-state index is 6.45. The van der Waals surface area contributed by atoms with Crippen molar-refractivity contribution in [1.29, 1.82) is 0 Å². The van der Waals surface area contributed by atoms with E-state index >= 15 is 0 Å². The molecule has 2 heteroatoms. The van der Waals surface area contributed by atoms with E-state index in [9.17, 15) is 0 Å². The molecule has 3 rings (SSSR count). The summed E-state index contributed by atoms with van der Waals surface area (Å²) in [4.78, 5) is 0. The van der Waals surface area contributed by atoms with Crippen molar-refractivity contribution in [3.63, 3.8) is 0 Å². The van der Waals surface area contributed by atoms with Gasteiger partial charge in [0.1, 0.15) is 0 Å². The first-order valence-corrected chi connectivity index (χ1v) is 5.74. The number of fused-ring (bicyclic) bond motifs is 2. The van der Waals surface area contributed by atoms with E-state index in [1.165, 1.54) is 12.0 Å². The Balaban J connectivity index is 1.78. The van der Waals surface area contributed by atoms with Crippen molar-refractivity contribution in [2.75, 3.05) is 0 Å². The molecule has 15 heavy (non-hydrogen) atoms. The molecule has 0 spiro atoms. The predicted octanol–water partition coefficient (Wildman–Crippen LogP) is 1.88. The van der Waals surface area contributed by atoms with Crippen LogP contribution >= 0.6 is 0 Å². The molecule has 2 N–H and O–H groups in total. The Hall–Kier alpha value is -0.860. The molecule has 0 aromatic heterocycles. The van der Waals surface area contributed by atoms with Gasteiger partial charge in [0.25, 0.3) is 0 Å². The van der Waals surface area contributed by atoms with Gasteiger partial charge in [-0.2, -0.15) is 0 Å². The first-order valence-electron chi connectivity index (χ1n) is 5.74. The molecule has 80 valence electrons. The first kappa shape index (κ1) is 9.37. The highest BCUT2D eigenvalue weighted by Gasteiger charge is 2.49. The molecule has 2 bridgehead atoms. The lowest BCUT2D eigenvalue weighted by molar-refractivity contribution is 0.0856. The van der Waals surface area contributed by atoms with Gasteiger partial charge in [0, 0.05) is 5.54 Å². The number of ether oxygens (including phenoxy) is 1. The summed E-state index contributed by atoms with van der Waals surface area (Å²) in [5.74, 6) is 0. The molecule has 1 aromatic rings. The summed E-state index contributed by atoms with van der Waals surface area (Å²) >= 11 is 0. The number of benzene rings is 1. The molecular weight excluding hydrogens is 186 g/mol. The third kappa shape index (κ3) is 1.58. The maximum absolute atomic E-state index is 6.45. The first-order chi connectivity index (χ1) is 7.26. The van der Waals surface area contributed by atoms with E-state index in [1.54, 1.807) is 0 Å². The fourth-order valence-electron chi connectivity index (χ4n) is 3.00. The minimum absolute atomic E-state index is 0.107. The van der Waals surface area contributed by atoms with E-state index < -0.39 is 0 Å². The fourth-order valence-corrected chi connectivity index (χ4v) is 3.00. The molecular formula is C13H17NO. The zero-order valence-electron chi connectivity index (χ0n) is 8.86. The van der Waals surface area contributed by atoms with Crippen molar-refractivity contribution in [2.24, 2.45) is 5.73 Å². The van der Waals surface area contributed by atoms with Crippen LogP contribution < -0.4 is 5.73 Å². The number of hydrogen-bond acceptors (Lipinski definition) is 2. The highest BCUT2D eigenvalue weighted by Crippen LogP contribution is 2.41. The summed E-state index contributed by atoms with van der Waals surface area (Å²) < 4.78 is 5.84. The molecule has 2 heterocycles. The lowest BCUT2D eigenvalue weighted by Gasteiger charge is -2.31. The van der Waals surface area contributed by atoms with E-state index in [-0.39, 0.29) is 5.54 Å². The van der Waals surface area contributed by atoms with Crippen molar-refractivity contribution in [1.82, 2.24) is 0 Å². The van der Waals surface area contributed by atoms with Gasteiger partial charge in [-0.05, 0) is 31.2 Å². The van der Waals surface area contributed by atoms with Crippen molar-refractivity contribution < 1.29 is 4.74 Å². The molecule has 0 radical (unpaired) electrons. The average Bonchev–Trinajstić information content (AvgIpc) is 2.78. The van der Waals surface area contributed by atoms with Gasteiger partial charge < -0.3 is 10.5 Å². The Bertz CT molecular complexity index is 351. The second kappa shape index (κ2) is 3.32. The molecule has 0 aliphatic carbocycles.